The zero-order chi connectivity index (χ0) is 6.69. The van der Waals surface area contributed by atoms with Crippen LogP contribution < -0.4 is 5.73 Å². The van der Waals surface area contributed by atoms with Crippen LogP contribution in [0.1, 0.15) is 11.7 Å². The molecule has 4 nitrogen and oxygen atoms in total. The fraction of sp³-hybridized carbons (Fsp3) is 0.400. The maximum Gasteiger partial charge on any atom is 0.0922 e. The third kappa shape index (κ3) is 1.28. The van der Waals surface area contributed by atoms with Gasteiger partial charge in [0.2, 0.25) is 0 Å². The average Bonchev–Trinajstić information content (AvgIpc) is 2.37. The quantitative estimate of drug-likeness (QED) is 0.496. The van der Waals surface area contributed by atoms with Gasteiger partial charge in [0.05, 0.1) is 24.7 Å². The molecule has 1 rings (SSSR count). The van der Waals surface area contributed by atoms with Crippen LogP contribution in [0, 0.1) is 0 Å². The highest BCUT2D eigenvalue weighted by molar-refractivity contribution is 5.00. The van der Waals surface area contributed by atoms with Gasteiger partial charge in [0.1, 0.15) is 0 Å². The Morgan fingerprint density at radius 3 is 3.11 bits per heavy atom. The summed E-state index contributed by atoms with van der Waals surface area (Å²) in [7, 11) is 0. The number of nitrogens with one attached hydrogen (secondary N) is 1. The van der Waals surface area contributed by atoms with E-state index in [1.807, 2.05) is 0 Å². The largest absolute Gasteiger partial charge is 0.394 e. The molecule has 1 aromatic rings. The Hall–Kier alpha value is -0.870. The Morgan fingerprint density at radius 1 is 1.89 bits per heavy atom. The van der Waals surface area contributed by atoms with Crippen LogP contribution >= 0.6 is 0 Å². The van der Waals surface area contributed by atoms with Gasteiger partial charge in [-0.2, -0.15) is 0 Å². The smallest absolute Gasteiger partial charge is 0.0922 e. The Bertz CT molecular complexity index is 161. The zero-order valence-corrected chi connectivity index (χ0v) is 4.91. The van der Waals surface area contributed by atoms with E-state index in [0.29, 0.717) is 0 Å². The van der Waals surface area contributed by atoms with E-state index in [-0.39, 0.29) is 12.6 Å². The fourth-order valence-corrected chi connectivity index (χ4v) is 0.568. The van der Waals surface area contributed by atoms with Gasteiger partial charge in [0, 0.05) is 6.20 Å². The van der Waals surface area contributed by atoms with Gasteiger partial charge in [-0.05, 0) is 0 Å². The van der Waals surface area contributed by atoms with Crippen molar-refractivity contribution in [2.75, 3.05) is 6.61 Å². The van der Waals surface area contributed by atoms with Crippen LogP contribution in [0.2, 0.25) is 0 Å². The van der Waals surface area contributed by atoms with E-state index in [2.05, 4.69) is 9.97 Å². The van der Waals surface area contributed by atoms with Crippen LogP contribution in [-0.4, -0.2) is 21.7 Å². The van der Waals surface area contributed by atoms with Crippen LogP contribution in [0.5, 0.6) is 0 Å². The summed E-state index contributed by atoms with van der Waals surface area (Å²) in [5.74, 6) is 0. The third-order valence-electron chi connectivity index (χ3n) is 1.12. The molecular weight excluding hydrogens is 118 g/mol. The molecular formula is C5H9N3O. The SMILES string of the molecule is N[C@@H](CO)c1cnc[nH]1. The van der Waals surface area contributed by atoms with E-state index in [1.54, 1.807) is 6.20 Å². The number of hydrogen-bond acceptors (Lipinski definition) is 3. The van der Waals surface area contributed by atoms with Crippen LogP contribution in [0.15, 0.2) is 12.5 Å². The normalized spacial score (nSPS) is 13.6. The van der Waals surface area contributed by atoms with Crippen molar-refractivity contribution in [2.24, 2.45) is 5.73 Å². The first-order valence-corrected chi connectivity index (χ1v) is 2.69. The van der Waals surface area contributed by atoms with Crippen LogP contribution in [0.3, 0.4) is 0 Å². The molecule has 0 spiro atoms. The van der Waals surface area contributed by atoms with Gasteiger partial charge in [-0.15, -0.1) is 0 Å². The van der Waals surface area contributed by atoms with Crippen molar-refractivity contribution in [3.05, 3.63) is 18.2 Å². The lowest BCUT2D eigenvalue weighted by Gasteiger charge is -2.01. The maximum atomic E-state index is 8.53. The van der Waals surface area contributed by atoms with Gasteiger partial charge < -0.3 is 15.8 Å². The molecule has 4 heteroatoms. The number of aliphatic hydroxyl groups is 1. The molecule has 1 heterocycles. The molecule has 0 bridgehead atoms. The zero-order valence-electron chi connectivity index (χ0n) is 4.91. The molecule has 0 aliphatic rings. The maximum absolute atomic E-state index is 8.53. The Labute approximate surface area is 52.7 Å². The number of aromatic nitrogens is 2. The van der Waals surface area contributed by atoms with Crippen LogP contribution in [0.25, 0.3) is 0 Å². The summed E-state index contributed by atoms with van der Waals surface area (Å²) in [4.78, 5) is 6.54. The second kappa shape index (κ2) is 2.61. The molecule has 50 valence electrons. The van der Waals surface area contributed by atoms with Crippen molar-refractivity contribution in [3.8, 4) is 0 Å². The molecule has 4 N–H and O–H groups in total. The van der Waals surface area contributed by atoms with Gasteiger partial charge in [-0.25, -0.2) is 4.98 Å². The number of aliphatic hydroxyl groups excluding tert-OH is 1. The summed E-state index contributed by atoms with van der Waals surface area (Å²) >= 11 is 0. The first-order valence-electron chi connectivity index (χ1n) is 2.69. The molecule has 0 saturated carbocycles. The summed E-state index contributed by atoms with van der Waals surface area (Å²) in [6.45, 7) is -0.0534. The summed E-state index contributed by atoms with van der Waals surface area (Å²) in [5.41, 5.74) is 6.18. The van der Waals surface area contributed by atoms with E-state index < -0.39 is 0 Å². The topological polar surface area (TPSA) is 74.9 Å². The molecule has 1 aromatic heterocycles. The van der Waals surface area contributed by atoms with Crippen LogP contribution in [-0.2, 0) is 0 Å². The molecule has 0 aromatic carbocycles. The Morgan fingerprint density at radius 2 is 2.67 bits per heavy atom. The number of imidazole rings is 1. The van der Waals surface area contributed by atoms with Crippen molar-refractivity contribution in [2.45, 2.75) is 6.04 Å². The molecule has 0 radical (unpaired) electrons. The molecule has 0 saturated heterocycles. The predicted octanol–water partition coefficient (Wildman–Crippen LogP) is -0.598. The second-order valence-electron chi connectivity index (χ2n) is 1.80. The first-order chi connectivity index (χ1) is 4.34. The van der Waals surface area contributed by atoms with Gasteiger partial charge in [0.15, 0.2) is 0 Å². The van der Waals surface area contributed by atoms with E-state index in [0.717, 1.165) is 5.69 Å². The minimum atomic E-state index is -0.326. The van der Waals surface area contributed by atoms with Crippen molar-refractivity contribution in [1.82, 2.24) is 9.97 Å². The second-order valence-corrected chi connectivity index (χ2v) is 1.80. The van der Waals surface area contributed by atoms with Gasteiger partial charge in [-0.3, -0.25) is 0 Å². The minimum absolute atomic E-state index is 0.0534. The standard InChI is InChI=1S/C5H9N3O/c6-4(2-9)5-1-7-3-8-5/h1,3-4,9H,2,6H2,(H,7,8)/t4-/m0/s1. The lowest BCUT2D eigenvalue weighted by Crippen LogP contribution is -2.14. The molecule has 0 aliphatic carbocycles. The highest BCUT2D eigenvalue weighted by atomic mass is 16.3. The summed E-state index contributed by atoms with van der Waals surface area (Å²) in [6, 6.07) is -0.326. The number of H-pyrrole nitrogens is 1. The molecule has 0 aliphatic heterocycles. The molecule has 9 heavy (non-hydrogen) atoms. The third-order valence-corrected chi connectivity index (χ3v) is 1.12. The summed E-state index contributed by atoms with van der Waals surface area (Å²) in [5, 5.41) is 8.53. The van der Waals surface area contributed by atoms with E-state index in [4.69, 9.17) is 10.8 Å². The van der Waals surface area contributed by atoms with Crippen LogP contribution in [0.4, 0.5) is 0 Å². The molecule has 0 fully saturated rings. The van der Waals surface area contributed by atoms with E-state index in [1.165, 1.54) is 6.33 Å². The lowest BCUT2D eigenvalue weighted by molar-refractivity contribution is 0.266. The molecule has 1 atom stereocenters. The minimum Gasteiger partial charge on any atom is -0.394 e. The van der Waals surface area contributed by atoms with Crippen molar-refractivity contribution in [1.29, 1.82) is 0 Å². The van der Waals surface area contributed by atoms with Gasteiger partial charge in [-0.1, -0.05) is 0 Å². The fourth-order valence-electron chi connectivity index (χ4n) is 0.568. The van der Waals surface area contributed by atoms with E-state index >= 15 is 0 Å². The molecule has 0 amide bonds. The van der Waals surface area contributed by atoms with Gasteiger partial charge >= 0.3 is 0 Å². The monoisotopic (exact) mass is 127 g/mol. The van der Waals surface area contributed by atoms with E-state index in [9.17, 15) is 0 Å². The number of aromatic amines is 1. The number of nitrogens with zero attached hydrogens (tertiary/aromatic N) is 1. The first kappa shape index (κ1) is 6.25. The van der Waals surface area contributed by atoms with Gasteiger partial charge in [0.25, 0.3) is 0 Å². The number of rotatable bonds is 2. The lowest BCUT2D eigenvalue weighted by atomic mass is 10.3. The predicted molar refractivity (Wildman–Crippen MR) is 32.6 cm³/mol. The molecule has 0 unspecified atom stereocenters. The average molecular weight is 127 g/mol. The van der Waals surface area contributed by atoms with Crippen molar-refractivity contribution < 1.29 is 5.11 Å². The highest BCUT2D eigenvalue weighted by Gasteiger charge is 2.02. The van der Waals surface area contributed by atoms with Crippen molar-refractivity contribution in [3.63, 3.8) is 0 Å². The number of hydrogen-bond donors (Lipinski definition) is 3. The Balaban J connectivity index is 2.65. The summed E-state index contributed by atoms with van der Waals surface area (Å²) in [6.07, 6.45) is 3.13. The highest BCUT2D eigenvalue weighted by Crippen LogP contribution is 2.01. The Kier molecular flexibility index (Phi) is 1.81. The summed E-state index contributed by atoms with van der Waals surface area (Å²) < 4.78 is 0. The van der Waals surface area contributed by atoms with Crippen molar-refractivity contribution >= 4 is 0 Å². The number of nitrogens with two attached hydrogens (primary N) is 1.